The molecule has 1 aromatic heterocycles. The summed E-state index contributed by atoms with van der Waals surface area (Å²) in [7, 11) is 1.61. The summed E-state index contributed by atoms with van der Waals surface area (Å²) in [4.78, 5) is 0. The zero-order chi connectivity index (χ0) is 13.7. The highest BCUT2D eigenvalue weighted by atomic mass is 16.5. The minimum Gasteiger partial charge on any atom is -0.487 e. The van der Waals surface area contributed by atoms with Crippen LogP contribution in [0.2, 0.25) is 0 Å². The van der Waals surface area contributed by atoms with Crippen molar-refractivity contribution >= 4 is 0 Å². The third-order valence-electron chi connectivity index (χ3n) is 2.68. The van der Waals surface area contributed by atoms with E-state index >= 15 is 0 Å². The van der Waals surface area contributed by atoms with E-state index in [1.807, 2.05) is 37.3 Å². The predicted molar refractivity (Wildman–Crippen MR) is 70.6 cm³/mol. The molecule has 0 aliphatic heterocycles. The molecule has 2 rings (SSSR count). The second kappa shape index (κ2) is 6.36. The third-order valence-corrected chi connectivity index (χ3v) is 2.68. The van der Waals surface area contributed by atoms with Crippen molar-refractivity contribution in [1.82, 2.24) is 5.16 Å². The summed E-state index contributed by atoms with van der Waals surface area (Å²) in [6.45, 7) is 2.68. The van der Waals surface area contributed by atoms with Crippen molar-refractivity contribution in [3.8, 4) is 5.75 Å². The fourth-order valence-electron chi connectivity index (χ4n) is 1.77. The van der Waals surface area contributed by atoms with Gasteiger partial charge in [0.2, 0.25) is 0 Å². The van der Waals surface area contributed by atoms with Gasteiger partial charge in [-0.05, 0) is 13.0 Å². The fourth-order valence-corrected chi connectivity index (χ4v) is 1.77. The van der Waals surface area contributed by atoms with Crippen molar-refractivity contribution in [2.24, 2.45) is 5.73 Å². The van der Waals surface area contributed by atoms with E-state index in [1.165, 1.54) is 0 Å². The first-order chi connectivity index (χ1) is 9.20. The Morgan fingerprint density at radius 1 is 1.32 bits per heavy atom. The number of rotatable bonds is 6. The highest BCUT2D eigenvalue weighted by Crippen LogP contribution is 2.24. The van der Waals surface area contributed by atoms with Crippen LogP contribution in [0.4, 0.5) is 0 Å². The second-order valence-electron chi connectivity index (χ2n) is 4.33. The SMILES string of the molecule is COCc1cc(COc2ccccc2C(C)N)no1. The lowest BCUT2D eigenvalue weighted by Gasteiger charge is -2.12. The zero-order valence-electron chi connectivity index (χ0n) is 11.1. The van der Waals surface area contributed by atoms with Crippen molar-refractivity contribution in [3.63, 3.8) is 0 Å². The average Bonchev–Trinajstić information content (AvgIpc) is 2.85. The summed E-state index contributed by atoms with van der Waals surface area (Å²) in [6, 6.07) is 9.46. The molecule has 102 valence electrons. The number of para-hydroxylation sites is 1. The Morgan fingerprint density at radius 2 is 2.11 bits per heavy atom. The van der Waals surface area contributed by atoms with Gasteiger partial charge in [0, 0.05) is 24.8 Å². The van der Waals surface area contributed by atoms with Gasteiger partial charge in [-0.1, -0.05) is 23.4 Å². The van der Waals surface area contributed by atoms with E-state index < -0.39 is 0 Å². The Hall–Kier alpha value is -1.85. The van der Waals surface area contributed by atoms with E-state index in [-0.39, 0.29) is 6.04 Å². The molecular weight excluding hydrogens is 244 g/mol. The average molecular weight is 262 g/mol. The Balaban J connectivity index is 2.01. The van der Waals surface area contributed by atoms with Gasteiger partial charge in [-0.25, -0.2) is 0 Å². The van der Waals surface area contributed by atoms with Gasteiger partial charge in [0.25, 0.3) is 0 Å². The van der Waals surface area contributed by atoms with Crippen LogP contribution in [0.25, 0.3) is 0 Å². The molecule has 0 fully saturated rings. The van der Waals surface area contributed by atoms with Crippen molar-refractivity contribution in [1.29, 1.82) is 0 Å². The number of ether oxygens (including phenoxy) is 2. The molecule has 5 nitrogen and oxygen atoms in total. The monoisotopic (exact) mass is 262 g/mol. The van der Waals surface area contributed by atoms with E-state index in [2.05, 4.69) is 5.16 Å². The van der Waals surface area contributed by atoms with Crippen molar-refractivity contribution in [2.75, 3.05) is 7.11 Å². The Kier molecular flexibility index (Phi) is 4.54. The van der Waals surface area contributed by atoms with Gasteiger partial charge < -0.3 is 19.7 Å². The van der Waals surface area contributed by atoms with E-state index in [1.54, 1.807) is 7.11 Å². The lowest BCUT2D eigenvalue weighted by Crippen LogP contribution is -2.08. The van der Waals surface area contributed by atoms with E-state index in [0.29, 0.717) is 19.0 Å². The summed E-state index contributed by atoms with van der Waals surface area (Å²) in [5.41, 5.74) is 7.60. The van der Waals surface area contributed by atoms with Crippen LogP contribution in [-0.2, 0) is 18.0 Å². The third kappa shape index (κ3) is 3.56. The molecule has 1 aromatic carbocycles. The molecule has 0 amide bonds. The quantitative estimate of drug-likeness (QED) is 0.865. The molecule has 0 bridgehead atoms. The molecule has 1 heterocycles. The van der Waals surface area contributed by atoms with Crippen molar-refractivity contribution < 1.29 is 14.0 Å². The zero-order valence-corrected chi connectivity index (χ0v) is 11.1. The molecule has 0 radical (unpaired) electrons. The summed E-state index contributed by atoms with van der Waals surface area (Å²) < 4.78 is 15.8. The Labute approximate surface area is 112 Å². The number of hydrogen-bond donors (Lipinski definition) is 1. The summed E-state index contributed by atoms with van der Waals surface area (Å²) in [5.74, 6) is 1.45. The summed E-state index contributed by atoms with van der Waals surface area (Å²) >= 11 is 0. The van der Waals surface area contributed by atoms with Crippen LogP contribution in [0.1, 0.15) is 30.0 Å². The van der Waals surface area contributed by atoms with Gasteiger partial charge in [0.1, 0.15) is 24.7 Å². The van der Waals surface area contributed by atoms with Crippen LogP contribution in [0.15, 0.2) is 34.9 Å². The number of benzene rings is 1. The highest BCUT2D eigenvalue weighted by Gasteiger charge is 2.09. The van der Waals surface area contributed by atoms with Crippen LogP contribution in [0, 0.1) is 0 Å². The molecule has 0 aliphatic carbocycles. The Morgan fingerprint density at radius 3 is 2.84 bits per heavy atom. The molecule has 0 aliphatic rings. The molecular formula is C14H18N2O3. The summed E-state index contributed by atoms with van der Waals surface area (Å²) in [5, 5.41) is 3.91. The summed E-state index contributed by atoms with van der Waals surface area (Å²) in [6.07, 6.45) is 0. The maximum Gasteiger partial charge on any atom is 0.162 e. The van der Waals surface area contributed by atoms with Crippen molar-refractivity contribution in [3.05, 3.63) is 47.3 Å². The largest absolute Gasteiger partial charge is 0.487 e. The molecule has 0 saturated heterocycles. The van der Waals surface area contributed by atoms with Gasteiger partial charge in [0.15, 0.2) is 5.76 Å². The molecule has 2 N–H and O–H groups in total. The van der Waals surface area contributed by atoms with E-state index in [0.717, 1.165) is 17.0 Å². The first-order valence-corrected chi connectivity index (χ1v) is 6.11. The van der Waals surface area contributed by atoms with Gasteiger partial charge >= 0.3 is 0 Å². The van der Waals surface area contributed by atoms with Gasteiger partial charge in [-0.2, -0.15) is 0 Å². The molecule has 5 heteroatoms. The Bertz CT molecular complexity index is 523. The van der Waals surface area contributed by atoms with Crippen LogP contribution in [0.3, 0.4) is 0 Å². The first-order valence-electron chi connectivity index (χ1n) is 6.11. The number of methoxy groups -OCH3 is 1. The van der Waals surface area contributed by atoms with Gasteiger partial charge in [-0.15, -0.1) is 0 Å². The fraction of sp³-hybridized carbons (Fsp3) is 0.357. The number of nitrogens with zero attached hydrogens (tertiary/aromatic N) is 1. The smallest absolute Gasteiger partial charge is 0.162 e. The van der Waals surface area contributed by atoms with Crippen LogP contribution in [0.5, 0.6) is 5.75 Å². The lowest BCUT2D eigenvalue weighted by molar-refractivity contribution is 0.155. The minimum absolute atomic E-state index is 0.0717. The van der Waals surface area contributed by atoms with Gasteiger partial charge in [0.05, 0.1) is 0 Å². The maximum absolute atomic E-state index is 5.90. The lowest BCUT2D eigenvalue weighted by atomic mass is 10.1. The highest BCUT2D eigenvalue weighted by molar-refractivity contribution is 5.35. The molecule has 19 heavy (non-hydrogen) atoms. The van der Waals surface area contributed by atoms with Crippen LogP contribution in [-0.4, -0.2) is 12.3 Å². The van der Waals surface area contributed by atoms with E-state index in [9.17, 15) is 0 Å². The second-order valence-corrected chi connectivity index (χ2v) is 4.33. The molecule has 1 unspecified atom stereocenters. The number of aromatic nitrogens is 1. The van der Waals surface area contributed by atoms with Gasteiger partial charge in [-0.3, -0.25) is 0 Å². The molecule has 0 spiro atoms. The van der Waals surface area contributed by atoms with Crippen LogP contribution < -0.4 is 10.5 Å². The van der Waals surface area contributed by atoms with Crippen molar-refractivity contribution in [2.45, 2.75) is 26.2 Å². The maximum atomic E-state index is 5.90. The molecule has 1 atom stereocenters. The predicted octanol–water partition coefficient (Wildman–Crippen LogP) is 2.42. The van der Waals surface area contributed by atoms with E-state index in [4.69, 9.17) is 19.7 Å². The molecule has 0 saturated carbocycles. The standard InChI is InChI=1S/C14H18N2O3/c1-10(15)13-5-3-4-6-14(13)18-8-11-7-12(9-17-2)19-16-11/h3-7,10H,8-9,15H2,1-2H3. The van der Waals surface area contributed by atoms with Crippen LogP contribution >= 0.6 is 0 Å². The number of nitrogens with two attached hydrogens (primary N) is 1. The molecule has 2 aromatic rings. The number of hydrogen-bond acceptors (Lipinski definition) is 5. The topological polar surface area (TPSA) is 70.5 Å². The first kappa shape index (κ1) is 13.6. The normalized spacial score (nSPS) is 12.4. The minimum atomic E-state index is -0.0717.